The van der Waals surface area contributed by atoms with Gasteiger partial charge >= 0.3 is 21.6 Å². The van der Waals surface area contributed by atoms with Gasteiger partial charge in [-0.25, -0.2) is 4.79 Å². The normalized spacial score (nSPS) is 11.1. The molecule has 0 aromatic carbocycles. The Morgan fingerprint density at radius 2 is 1.13 bits per heavy atom. The van der Waals surface area contributed by atoms with Crippen LogP contribution >= 0.6 is 0 Å². The lowest BCUT2D eigenvalue weighted by molar-refractivity contribution is -0.0500. The smallest absolute Gasteiger partial charge is 0.476 e. The summed E-state index contributed by atoms with van der Waals surface area (Å²) in [6, 6.07) is 15.2. The van der Waals surface area contributed by atoms with Crippen molar-refractivity contribution in [2.45, 2.75) is 58.6 Å². The molecule has 0 aliphatic carbocycles. The Labute approximate surface area is 367 Å². The first kappa shape index (κ1) is 50.6. The first-order valence-corrected chi connectivity index (χ1v) is 27.2. The van der Waals surface area contributed by atoms with Crippen molar-refractivity contribution < 1.29 is 35.7 Å². The van der Waals surface area contributed by atoms with Gasteiger partial charge in [0.2, 0.25) is 0 Å². The first-order valence-electron chi connectivity index (χ1n) is 18.8. The molecule has 330 valence electrons. The van der Waals surface area contributed by atoms with E-state index in [2.05, 4.69) is 96.6 Å². The van der Waals surface area contributed by atoms with Crippen LogP contribution in [-0.2, 0) is 31.3 Å². The minimum Gasteiger partial charge on any atom is -0.476 e. The van der Waals surface area contributed by atoms with E-state index in [0.717, 1.165) is 40.6 Å². The summed E-state index contributed by atoms with van der Waals surface area (Å²) in [6.45, 7) is 16.9. The summed E-state index contributed by atoms with van der Waals surface area (Å²) >= 11 is 0. The predicted octanol–water partition coefficient (Wildman–Crippen LogP) is 7.70. The Hall–Kier alpha value is -6.80. The zero-order valence-corrected chi connectivity index (χ0v) is 39.5. The van der Waals surface area contributed by atoms with E-state index < -0.39 is 43.5 Å². The number of aryl methyl sites for hydroxylation is 5. The average Bonchev–Trinajstić information content (AvgIpc) is 3.88. The molecule has 6 aromatic heterocycles. The third kappa shape index (κ3) is 15.6. The van der Waals surface area contributed by atoms with Crippen LogP contribution in [0.2, 0.25) is 39.3 Å². The van der Waals surface area contributed by atoms with Gasteiger partial charge < -0.3 is 9.29 Å². The molecule has 0 saturated carbocycles. The molecule has 63 heavy (non-hydrogen) atoms. The molecule has 0 bridgehead atoms. The molecular weight excluding hydrogens is 868 g/mol. The lowest BCUT2D eigenvalue weighted by atomic mass is 10.2. The zero-order chi connectivity index (χ0) is 47.5. The number of carboxylic acids is 1. The molecule has 0 saturated heterocycles. The van der Waals surface area contributed by atoms with Gasteiger partial charge in [0, 0.05) is 50.7 Å². The maximum absolute atomic E-state index is 12.2. The summed E-state index contributed by atoms with van der Waals surface area (Å²) in [6.07, 6.45) is 14.6. The highest BCUT2D eigenvalue weighted by Gasteiger charge is 2.48. The molecule has 0 unspecified atom stereocenters. The Morgan fingerprint density at radius 3 is 1.44 bits per heavy atom. The van der Waals surface area contributed by atoms with Crippen molar-refractivity contribution in [3.8, 4) is 75.7 Å². The third-order valence-electron chi connectivity index (χ3n) is 7.82. The summed E-state index contributed by atoms with van der Waals surface area (Å²) in [5.41, 5.74) is 8.28. The van der Waals surface area contributed by atoms with Gasteiger partial charge in [-0.3, -0.25) is 29.0 Å². The van der Waals surface area contributed by atoms with Crippen LogP contribution < -0.4 is 4.18 Å². The van der Waals surface area contributed by atoms with Crippen molar-refractivity contribution in [2.75, 3.05) is 0 Å². The van der Waals surface area contributed by atoms with E-state index in [0.29, 0.717) is 28.3 Å². The Balaban J connectivity index is 0.000000237. The minimum atomic E-state index is -5.69. The number of carbonyl (C=O) groups is 1. The van der Waals surface area contributed by atoms with Crippen molar-refractivity contribution in [1.82, 2.24) is 44.3 Å². The van der Waals surface area contributed by atoms with Crippen LogP contribution in [0.5, 0.6) is 5.75 Å². The topological polar surface area (TPSA) is 173 Å². The van der Waals surface area contributed by atoms with Crippen LogP contribution in [0, 0.1) is 49.6 Å². The number of carboxylic acid groups (broad SMARTS) is 1. The summed E-state index contributed by atoms with van der Waals surface area (Å²) in [7, 11) is -2.84. The van der Waals surface area contributed by atoms with E-state index in [4.69, 9.17) is 18.0 Å². The molecule has 0 radical (unpaired) electrons. The standard InChI is InChI=1S/C15H19N3Si.C12H9N3O2.C11H10F3N3O3S.C5H10Si/c1-12-10-15(18(2)17-12)14-7-6-13(11-16-14)8-9-19(3,4)5;1-3-8-4-5-9(13-7-8)11-6-10(12(16)17)14-15(11)2;1-7-5-10(17(2)16-7)9-4-3-8(6-15-9)20-21(18,19)11(12,13)14;1-5-6(2,3)4/h6-7,10-11H,1-5H3;1,4-7H,2H3,(H,16,17);3-6H,1-2H3;1H,2-4H3. The Kier molecular flexibility index (Phi) is 16.7. The zero-order valence-electron chi connectivity index (χ0n) is 36.7. The van der Waals surface area contributed by atoms with Crippen molar-refractivity contribution in [3.05, 3.63) is 101 Å². The van der Waals surface area contributed by atoms with E-state index in [1.807, 2.05) is 43.0 Å². The number of pyridine rings is 3. The van der Waals surface area contributed by atoms with Crippen LogP contribution in [0.3, 0.4) is 0 Å². The van der Waals surface area contributed by atoms with Crippen LogP contribution in [-0.4, -0.2) is 85.4 Å². The molecule has 14 nitrogen and oxygen atoms in total. The number of terminal acetylenes is 2. The molecule has 6 aromatic rings. The highest BCUT2D eigenvalue weighted by Crippen LogP contribution is 2.28. The summed E-state index contributed by atoms with van der Waals surface area (Å²) in [5.74, 6) is 4.09. The molecule has 0 aliphatic rings. The van der Waals surface area contributed by atoms with Gasteiger partial charge in [0.15, 0.2) is 11.4 Å². The fourth-order valence-corrected chi connectivity index (χ4v) is 5.74. The number of rotatable bonds is 6. The Morgan fingerprint density at radius 1 is 0.698 bits per heavy atom. The monoisotopic (exact) mass is 915 g/mol. The van der Waals surface area contributed by atoms with Crippen LogP contribution in [0.1, 0.15) is 33.0 Å². The molecule has 1 N–H and O–H groups in total. The van der Waals surface area contributed by atoms with E-state index in [1.54, 1.807) is 50.1 Å². The SMILES string of the molecule is C#C[Si](C)(C)C.C#Cc1ccc(-c2cc(C(=O)O)nn2C)nc1.Cc1cc(-c2ccc(C#C[Si](C)(C)C)cn2)n(C)n1.Cc1cc(-c2ccc(OS(=O)(=O)C(F)(F)F)cn2)n(C)n1. The van der Waals surface area contributed by atoms with Crippen molar-refractivity contribution in [2.24, 2.45) is 21.1 Å². The summed E-state index contributed by atoms with van der Waals surface area (Å²) in [4.78, 5) is 23.3. The molecule has 0 atom stereocenters. The molecule has 0 amide bonds. The number of hydrogen-bond acceptors (Lipinski definition) is 10. The van der Waals surface area contributed by atoms with E-state index in [9.17, 15) is 26.4 Å². The average molecular weight is 916 g/mol. The van der Waals surface area contributed by atoms with Crippen LogP contribution in [0.25, 0.3) is 34.2 Å². The van der Waals surface area contributed by atoms with Gasteiger partial charge in [-0.05, 0) is 62.4 Å². The maximum atomic E-state index is 12.2. The first-order chi connectivity index (χ1) is 29.1. The number of hydrogen-bond donors (Lipinski definition) is 1. The van der Waals surface area contributed by atoms with E-state index in [-0.39, 0.29) is 5.69 Å². The molecule has 6 rings (SSSR count). The molecule has 6 heterocycles. The summed E-state index contributed by atoms with van der Waals surface area (Å²) < 4.78 is 67.0. The predicted molar refractivity (Wildman–Crippen MR) is 242 cm³/mol. The van der Waals surface area contributed by atoms with Gasteiger partial charge in [-0.2, -0.15) is 36.9 Å². The quantitative estimate of drug-likeness (QED) is 0.0751. The number of aromatic carboxylic acids is 1. The van der Waals surface area contributed by atoms with Crippen molar-refractivity contribution in [1.29, 1.82) is 0 Å². The number of halogens is 3. The molecule has 20 heteroatoms. The number of alkyl halides is 3. The summed E-state index contributed by atoms with van der Waals surface area (Å²) in [5, 5.41) is 21.1. The highest BCUT2D eigenvalue weighted by atomic mass is 32.2. The van der Waals surface area contributed by atoms with Gasteiger partial charge in [0.1, 0.15) is 16.1 Å². The van der Waals surface area contributed by atoms with Crippen LogP contribution in [0.15, 0.2) is 73.2 Å². The second kappa shape index (κ2) is 20.8. The fraction of sp³-hybridized carbons (Fsp3) is 0.279. The highest BCUT2D eigenvalue weighted by molar-refractivity contribution is 7.88. The second-order valence-corrected chi connectivity index (χ2v) is 26.8. The van der Waals surface area contributed by atoms with Crippen molar-refractivity contribution in [3.63, 3.8) is 0 Å². The largest absolute Gasteiger partial charge is 0.534 e. The van der Waals surface area contributed by atoms with E-state index in [1.165, 1.54) is 16.8 Å². The number of nitrogens with zero attached hydrogens (tertiary/aromatic N) is 9. The van der Waals surface area contributed by atoms with Crippen molar-refractivity contribution >= 4 is 32.2 Å². The minimum absolute atomic E-state index is 0.00896. The van der Waals surface area contributed by atoms with Gasteiger partial charge in [0.05, 0.1) is 51.7 Å². The van der Waals surface area contributed by atoms with Gasteiger partial charge in [-0.1, -0.05) is 51.1 Å². The second-order valence-electron chi connectivity index (χ2n) is 15.7. The number of aromatic nitrogens is 9. The molecule has 0 spiro atoms. The molecule has 0 fully saturated rings. The third-order valence-corrected chi connectivity index (χ3v) is 10.5. The molecular formula is C43H48F3N9O5SSi2. The van der Waals surface area contributed by atoms with Gasteiger partial charge in [-0.15, -0.1) is 23.9 Å². The molecule has 0 aliphatic heterocycles. The van der Waals surface area contributed by atoms with Gasteiger partial charge in [0.25, 0.3) is 0 Å². The van der Waals surface area contributed by atoms with Crippen LogP contribution in [0.4, 0.5) is 13.2 Å². The maximum Gasteiger partial charge on any atom is 0.534 e. The Bertz CT molecular complexity index is 2780. The van der Waals surface area contributed by atoms with E-state index >= 15 is 0 Å². The fourth-order valence-electron chi connectivity index (χ4n) is 4.78. The lowest BCUT2D eigenvalue weighted by Crippen LogP contribution is -2.28. The lowest BCUT2D eigenvalue weighted by Gasteiger charge is -2.09.